The zero-order chi connectivity index (χ0) is 21.4. The van der Waals surface area contributed by atoms with E-state index >= 15 is 0 Å². The van der Waals surface area contributed by atoms with Crippen molar-refractivity contribution in [3.63, 3.8) is 0 Å². The number of hydrogen-bond acceptors (Lipinski definition) is 5. The molecule has 8 heteroatoms. The molecule has 0 radical (unpaired) electrons. The van der Waals surface area contributed by atoms with Gasteiger partial charge in [-0.1, -0.05) is 39.0 Å². The maximum absolute atomic E-state index is 13.0. The molecule has 0 unspecified atom stereocenters. The Kier molecular flexibility index (Phi) is 6.50. The van der Waals surface area contributed by atoms with Crippen LogP contribution in [0.2, 0.25) is 18.1 Å². The van der Waals surface area contributed by atoms with Crippen LogP contribution >= 0.6 is 0 Å². The van der Waals surface area contributed by atoms with Crippen LogP contribution in [0.5, 0.6) is 0 Å². The minimum Gasteiger partial charge on any atom is -0.415 e. The fourth-order valence-electron chi connectivity index (χ4n) is 2.97. The molecule has 1 aliphatic heterocycles. The second kappa shape index (κ2) is 7.89. The van der Waals surface area contributed by atoms with Crippen molar-refractivity contribution in [3.05, 3.63) is 30.3 Å². The van der Waals surface area contributed by atoms with Crippen LogP contribution in [0.4, 0.5) is 0 Å². The Morgan fingerprint density at radius 3 is 2.36 bits per heavy atom. The summed E-state index contributed by atoms with van der Waals surface area (Å²) in [6.45, 7) is 15.0. The van der Waals surface area contributed by atoms with Crippen molar-refractivity contribution in [2.24, 2.45) is 0 Å². The molecule has 2 rings (SSSR count). The highest BCUT2D eigenvalue weighted by atomic mass is 32.2. The van der Waals surface area contributed by atoms with Crippen LogP contribution in [0.25, 0.3) is 0 Å². The molecule has 1 aliphatic rings. The topological polar surface area (TPSA) is 72.9 Å². The third-order valence-corrected chi connectivity index (χ3v) is 11.8. The summed E-state index contributed by atoms with van der Waals surface area (Å²) < 4.78 is 37.4. The van der Waals surface area contributed by atoms with E-state index in [1.165, 1.54) is 12.1 Å². The second-order valence-electron chi connectivity index (χ2n) is 9.32. The Morgan fingerprint density at radius 2 is 1.82 bits per heavy atom. The van der Waals surface area contributed by atoms with E-state index < -0.39 is 35.5 Å². The molecule has 1 saturated heterocycles. The summed E-state index contributed by atoms with van der Waals surface area (Å²) in [4.78, 5) is 14.7. The van der Waals surface area contributed by atoms with Gasteiger partial charge in [-0.05, 0) is 44.1 Å². The number of carbonyl (C=O) groups is 1. The van der Waals surface area contributed by atoms with Crippen molar-refractivity contribution in [3.8, 4) is 0 Å². The monoisotopic (exact) mass is 427 g/mol. The number of ether oxygens (including phenoxy) is 1. The van der Waals surface area contributed by atoms with Crippen molar-refractivity contribution in [1.29, 1.82) is 0 Å². The summed E-state index contributed by atoms with van der Waals surface area (Å²) >= 11 is 0. The average molecular weight is 428 g/mol. The first-order valence-electron chi connectivity index (χ1n) is 9.55. The van der Waals surface area contributed by atoms with Crippen LogP contribution in [0.15, 0.2) is 35.2 Å². The quantitative estimate of drug-likeness (QED) is 0.650. The van der Waals surface area contributed by atoms with E-state index in [1.54, 1.807) is 36.9 Å². The van der Waals surface area contributed by atoms with Crippen LogP contribution in [0.3, 0.4) is 0 Å². The molecule has 158 valence electrons. The molecule has 0 N–H and O–H groups in total. The second-order valence-corrected chi connectivity index (χ2v) is 16.1. The highest BCUT2D eigenvalue weighted by molar-refractivity contribution is 7.92. The van der Waals surface area contributed by atoms with Gasteiger partial charge in [-0.3, -0.25) is 4.79 Å². The molecular weight excluding hydrogens is 394 g/mol. The molecule has 0 bridgehead atoms. The van der Waals surface area contributed by atoms with Gasteiger partial charge >= 0.3 is 0 Å². The molecule has 28 heavy (non-hydrogen) atoms. The number of rotatable bonds is 6. The number of amides is 1. The first-order valence-corrected chi connectivity index (χ1v) is 14.1. The maximum atomic E-state index is 13.0. The lowest BCUT2D eigenvalue weighted by molar-refractivity contribution is -0.143. The Labute approximate surface area is 170 Å². The fraction of sp³-hybridized carbons (Fsp3) is 0.650. The van der Waals surface area contributed by atoms with Gasteiger partial charge in [0.05, 0.1) is 24.2 Å². The van der Waals surface area contributed by atoms with Crippen molar-refractivity contribution in [2.75, 3.05) is 19.0 Å². The Hall–Kier alpha value is -1.22. The zero-order valence-corrected chi connectivity index (χ0v) is 19.8. The number of carbonyl (C=O) groups excluding carboxylic acids is 1. The van der Waals surface area contributed by atoms with Crippen LogP contribution < -0.4 is 0 Å². The summed E-state index contributed by atoms with van der Waals surface area (Å²) in [5.41, 5.74) is -0.870. The van der Waals surface area contributed by atoms with Gasteiger partial charge in [0.15, 0.2) is 18.2 Å². The van der Waals surface area contributed by atoms with E-state index in [0.717, 1.165) is 0 Å². The largest absolute Gasteiger partial charge is 0.415 e. The summed E-state index contributed by atoms with van der Waals surface area (Å²) in [5, 5.41) is 0.0491. The average Bonchev–Trinajstić information content (AvgIpc) is 2.87. The lowest BCUT2D eigenvalue weighted by Gasteiger charge is -2.39. The molecule has 0 aliphatic carbocycles. The molecule has 1 aromatic rings. The van der Waals surface area contributed by atoms with Gasteiger partial charge in [0.25, 0.3) is 0 Å². The molecule has 1 aromatic carbocycles. The van der Waals surface area contributed by atoms with E-state index in [4.69, 9.17) is 9.16 Å². The van der Waals surface area contributed by atoms with Crippen LogP contribution in [-0.2, 0) is 23.8 Å². The van der Waals surface area contributed by atoms with E-state index in [-0.39, 0.29) is 16.0 Å². The highest BCUT2D eigenvalue weighted by Gasteiger charge is 2.46. The minimum atomic E-state index is -3.72. The predicted molar refractivity (Wildman–Crippen MR) is 112 cm³/mol. The SMILES string of the molecule is CC1(C)OC[C@H](CO[Si](C)(C)C(C)(C)C)N1C(=O)CS(=O)(=O)c1ccccc1. The van der Waals surface area contributed by atoms with Gasteiger partial charge in [-0.2, -0.15) is 0 Å². The third kappa shape index (κ3) is 5.03. The van der Waals surface area contributed by atoms with Crippen LogP contribution in [0.1, 0.15) is 34.6 Å². The van der Waals surface area contributed by atoms with Gasteiger partial charge in [0.1, 0.15) is 11.5 Å². The third-order valence-electron chi connectivity index (χ3n) is 5.70. The maximum Gasteiger partial charge on any atom is 0.240 e. The van der Waals surface area contributed by atoms with E-state index in [1.807, 2.05) is 0 Å². The van der Waals surface area contributed by atoms with Crippen molar-refractivity contribution < 1.29 is 22.4 Å². The normalized spacial score (nSPS) is 20.4. The first-order chi connectivity index (χ1) is 12.7. The standard InChI is InChI=1S/C20H33NO5SSi/c1-19(2,3)28(6,7)26-14-16-13-25-20(4,5)21(16)18(22)15-27(23,24)17-11-9-8-10-12-17/h8-12,16H,13-15H2,1-7H3/t16-/m1/s1. The molecular formula is C20H33NO5SSi. The van der Waals surface area contributed by atoms with Gasteiger partial charge in [-0.15, -0.1) is 0 Å². The Balaban J connectivity index is 2.17. The van der Waals surface area contributed by atoms with E-state index in [0.29, 0.717) is 13.2 Å². The van der Waals surface area contributed by atoms with Crippen molar-refractivity contribution in [2.45, 2.75) is 69.4 Å². The summed E-state index contributed by atoms with van der Waals surface area (Å²) in [6, 6.07) is 7.75. The summed E-state index contributed by atoms with van der Waals surface area (Å²) in [6.07, 6.45) is 0. The minimum absolute atomic E-state index is 0.0491. The summed E-state index contributed by atoms with van der Waals surface area (Å²) in [5.74, 6) is -1.05. The molecule has 1 atom stereocenters. The Morgan fingerprint density at radius 1 is 1.25 bits per heavy atom. The number of nitrogens with zero attached hydrogens (tertiary/aromatic N) is 1. The van der Waals surface area contributed by atoms with E-state index in [9.17, 15) is 13.2 Å². The number of sulfone groups is 1. The lowest BCUT2D eigenvalue weighted by Crippen LogP contribution is -2.53. The molecule has 1 amide bonds. The number of hydrogen-bond donors (Lipinski definition) is 0. The fourth-order valence-corrected chi connectivity index (χ4v) is 5.22. The Bertz CT molecular complexity index is 800. The number of benzene rings is 1. The van der Waals surface area contributed by atoms with Gasteiger partial charge in [-0.25, -0.2) is 8.42 Å². The molecule has 0 spiro atoms. The molecule has 0 saturated carbocycles. The molecule has 1 heterocycles. The van der Waals surface area contributed by atoms with Crippen molar-refractivity contribution in [1.82, 2.24) is 4.90 Å². The van der Waals surface area contributed by atoms with Crippen LogP contribution in [0, 0.1) is 0 Å². The summed E-state index contributed by atoms with van der Waals surface area (Å²) in [7, 11) is -5.71. The van der Waals surface area contributed by atoms with Gasteiger partial charge < -0.3 is 14.1 Å². The first kappa shape index (κ1) is 23.1. The smallest absolute Gasteiger partial charge is 0.240 e. The van der Waals surface area contributed by atoms with E-state index in [2.05, 4.69) is 33.9 Å². The van der Waals surface area contributed by atoms with Crippen LogP contribution in [-0.4, -0.2) is 58.3 Å². The molecule has 0 aromatic heterocycles. The van der Waals surface area contributed by atoms with Gasteiger partial charge in [0, 0.05) is 0 Å². The van der Waals surface area contributed by atoms with Gasteiger partial charge in [0.2, 0.25) is 5.91 Å². The predicted octanol–water partition coefficient (Wildman–Crippen LogP) is 3.45. The zero-order valence-electron chi connectivity index (χ0n) is 18.0. The van der Waals surface area contributed by atoms with Crippen molar-refractivity contribution >= 4 is 24.1 Å². The molecule has 6 nitrogen and oxygen atoms in total. The highest BCUT2D eigenvalue weighted by Crippen LogP contribution is 2.37. The lowest BCUT2D eigenvalue weighted by atomic mass is 10.2. The molecule has 1 fully saturated rings.